The van der Waals surface area contributed by atoms with Gasteiger partial charge in [-0.25, -0.2) is 13.2 Å². The van der Waals surface area contributed by atoms with Gasteiger partial charge in [0.15, 0.2) is 11.5 Å². The molecule has 4 aliphatic rings. The van der Waals surface area contributed by atoms with Crippen molar-refractivity contribution in [2.24, 2.45) is 5.92 Å². The van der Waals surface area contributed by atoms with Crippen LogP contribution in [0.25, 0.3) is 0 Å². The van der Waals surface area contributed by atoms with Crippen LogP contribution < -0.4 is 24.7 Å². The molecule has 13 nitrogen and oxygen atoms in total. The number of carbonyl (C=O) groups excluding carboxylic acids is 2. The third-order valence-electron chi connectivity index (χ3n) is 9.23. The lowest BCUT2D eigenvalue weighted by Gasteiger charge is -2.44. The number of nitrogens with zero attached hydrogens (tertiary/aromatic N) is 4. The van der Waals surface area contributed by atoms with Crippen molar-refractivity contribution in [2.75, 3.05) is 68.7 Å². The van der Waals surface area contributed by atoms with E-state index in [1.165, 1.54) is 12.1 Å². The van der Waals surface area contributed by atoms with E-state index in [2.05, 4.69) is 9.62 Å². The minimum absolute atomic E-state index is 0.00309. The van der Waals surface area contributed by atoms with Gasteiger partial charge in [-0.05, 0) is 55.7 Å². The average molecular weight is 664 g/mol. The molecule has 2 aromatic carbocycles. The summed E-state index contributed by atoms with van der Waals surface area (Å²) in [6.07, 6.45) is 0.533. The molecule has 0 aliphatic carbocycles. The molecule has 248 valence electrons. The van der Waals surface area contributed by atoms with Gasteiger partial charge < -0.3 is 33.5 Å². The molecule has 2 atom stereocenters. The van der Waals surface area contributed by atoms with Crippen molar-refractivity contribution < 1.29 is 32.2 Å². The van der Waals surface area contributed by atoms with Crippen LogP contribution in [-0.2, 0) is 21.3 Å². The maximum Gasteiger partial charge on any atom is 0.409 e. The zero-order chi connectivity index (χ0) is 32.7. The predicted molar refractivity (Wildman–Crippen MR) is 173 cm³/mol. The standard InChI is InChI=1S/C33H37N5O8S/c1-2-44-33(41)36-12-10-35(11-13-36)32(40)23-6-8-28(37-19-22-16-24(21-37)27-4-3-5-31(39)38(27)20-22)26(17-23)34-47(42,43)25-7-9-29-30(18-25)46-15-14-45-29/h3-9,17-18,22,24,34H,2,10-16,19-21H2,1H3. The Morgan fingerprint density at radius 1 is 0.915 bits per heavy atom. The molecule has 47 heavy (non-hydrogen) atoms. The Kier molecular flexibility index (Phi) is 8.20. The second kappa shape index (κ2) is 12.5. The number of amides is 2. The third-order valence-corrected chi connectivity index (χ3v) is 10.6. The normalized spacial score (nSPS) is 20.3. The summed E-state index contributed by atoms with van der Waals surface area (Å²) in [5, 5.41) is 0. The monoisotopic (exact) mass is 663 g/mol. The summed E-state index contributed by atoms with van der Waals surface area (Å²) in [6, 6.07) is 14.9. The molecular weight excluding hydrogens is 626 g/mol. The zero-order valence-corrected chi connectivity index (χ0v) is 26.9. The number of fused-ring (bicyclic) bond motifs is 5. The Morgan fingerprint density at radius 2 is 1.68 bits per heavy atom. The fraction of sp³-hybridized carbons (Fsp3) is 0.424. The van der Waals surface area contributed by atoms with Crippen LogP contribution in [-0.4, -0.2) is 93.9 Å². The van der Waals surface area contributed by atoms with Gasteiger partial charge in [0.25, 0.3) is 21.5 Å². The van der Waals surface area contributed by atoms with Crippen molar-refractivity contribution in [3.63, 3.8) is 0 Å². The highest BCUT2D eigenvalue weighted by Gasteiger charge is 2.36. The van der Waals surface area contributed by atoms with Gasteiger partial charge in [-0.1, -0.05) is 6.07 Å². The number of hydrogen-bond donors (Lipinski definition) is 1. The summed E-state index contributed by atoms with van der Waals surface area (Å²) in [7, 11) is -4.11. The first-order valence-electron chi connectivity index (χ1n) is 15.9. The van der Waals surface area contributed by atoms with Crippen LogP contribution >= 0.6 is 0 Å². The fourth-order valence-corrected chi connectivity index (χ4v) is 8.08. The number of carbonyl (C=O) groups is 2. The summed E-state index contributed by atoms with van der Waals surface area (Å²) in [5.41, 5.74) is 2.22. The number of pyridine rings is 1. The number of piperazine rings is 1. The molecular formula is C33H37N5O8S. The molecule has 3 aromatic rings. The molecule has 2 bridgehead atoms. The first-order chi connectivity index (χ1) is 22.7. The van der Waals surface area contributed by atoms with E-state index in [0.717, 1.165) is 12.1 Å². The van der Waals surface area contributed by atoms with Crippen LogP contribution in [0, 0.1) is 5.92 Å². The average Bonchev–Trinajstić information content (AvgIpc) is 3.08. The van der Waals surface area contributed by atoms with Gasteiger partial charge in [-0.15, -0.1) is 0 Å². The molecule has 0 radical (unpaired) electrons. The van der Waals surface area contributed by atoms with E-state index < -0.39 is 16.1 Å². The van der Waals surface area contributed by atoms with Crippen LogP contribution in [0.2, 0.25) is 0 Å². The maximum atomic E-state index is 13.8. The SMILES string of the molecule is CCOC(=O)N1CCN(C(=O)c2ccc(N3CC4CC(C3)c3cccc(=O)n3C4)c(NS(=O)(=O)c3ccc4c(c3)OCCO4)c2)CC1. The zero-order valence-electron chi connectivity index (χ0n) is 26.1. The highest BCUT2D eigenvalue weighted by Crippen LogP contribution is 2.40. The summed E-state index contributed by atoms with van der Waals surface area (Å²) >= 11 is 0. The highest BCUT2D eigenvalue weighted by molar-refractivity contribution is 7.92. The van der Waals surface area contributed by atoms with Gasteiger partial charge >= 0.3 is 6.09 Å². The van der Waals surface area contributed by atoms with E-state index in [1.54, 1.807) is 53.1 Å². The molecule has 2 unspecified atom stereocenters. The smallest absolute Gasteiger partial charge is 0.409 e. The second-order valence-corrected chi connectivity index (χ2v) is 13.9. The van der Waals surface area contributed by atoms with Crippen molar-refractivity contribution in [1.29, 1.82) is 0 Å². The number of benzene rings is 2. The molecule has 1 aromatic heterocycles. The fourth-order valence-electron chi connectivity index (χ4n) is 7.00. The summed E-state index contributed by atoms with van der Waals surface area (Å²) in [6.45, 7) is 5.86. The number of piperidine rings is 1. The summed E-state index contributed by atoms with van der Waals surface area (Å²) < 4.78 is 48.6. The number of hydrogen-bond acceptors (Lipinski definition) is 9. The van der Waals surface area contributed by atoms with Gasteiger partial charge in [0.1, 0.15) is 13.2 Å². The van der Waals surface area contributed by atoms with Crippen LogP contribution in [0.3, 0.4) is 0 Å². The molecule has 2 fully saturated rings. The molecule has 2 saturated heterocycles. The maximum absolute atomic E-state index is 13.8. The summed E-state index contributed by atoms with van der Waals surface area (Å²) in [4.78, 5) is 43.8. The quantitative estimate of drug-likeness (QED) is 0.422. The predicted octanol–water partition coefficient (Wildman–Crippen LogP) is 2.96. The summed E-state index contributed by atoms with van der Waals surface area (Å²) in [5.74, 6) is 0.855. The lowest BCUT2D eigenvalue weighted by molar-refractivity contribution is 0.0570. The third kappa shape index (κ3) is 6.09. The van der Waals surface area contributed by atoms with Crippen LogP contribution in [0.4, 0.5) is 16.2 Å². The van der Waals surface area contributed by atoms with Crippen molar-refractivity contribution in [1.82, 2.24) is 14.4 Å². The van der Waals surface area contributed by atoms with Crippen molar-refractivity contribution >= 4 is 33.4 Å². The van der Waals surface area contributed by atoms with Gasteiger partial charge in [0, 0.05) is 75.1 Å². The Bertz CT molecular complexity index is 1870. The molecule has 1 N–H and O–H groups in total. The first kappa shape index (κ1) is 30.9. The Balaban J connectivity index is 1.19. The number of anilines is 2. The Hall–Kier alpha value is -4.72. The number of sulfonamides is 1. The van der Waals surface area contributed by atoms with E-state index in [-0.39, 0.29) is 40.5 Å². The minimum Gasteiger partial charge on any atom is -0.486 e. The number of aromatic nitrogens is 1. The van der Waals surface area contributed by atoms with Crippen LogP contribution in [0.15, 0.2) is 64.3 Å². The van der Waals surface area contributed by atoms with E-state index >= 15 is 0 Å². The highest BCUT2D eigenvalue weighted by atomic mass is 32.2. The molecule has 4 aliphatic heterocycles. The molecule has 0 spiro atoms. The van der Waals surface area contributed by atoms with E-state index in [4.69, 9.17) is 14.2 Å². The first-order valence-corrected chi connectivity index (χ1v) is 17.4. The Labute approximate surface area is 272 Å². The largest absolute Gasteiger partial charge is 0.486 e. The van der Waals surface area contributed by atoms with Crippen LogP contribution in [0.5, 0.6) is 11.5 Å². The van der Waals surface area contributed by atoms with E-state index in [9.17, 15) is 22.8 Å². The lowest BCUT2D eigenvalue weighted by atomic mass is 9.83. The topological polar surface area (TPSA) is 140 Å². The van der Waals surface area contributed by atoms with E-state index in [1.807, 2.05) is 10.6 Å². The number of nitrogens with one attached hydrogen (secondary N) is 1. The molecule has 14 heteroatoms. The van der Waals surface area contributed by atoms with Crippen molar-refractivity contribution in [3.05, 3.63) is 76.2 Å². The van der Waals surface area contributed by atoms with Gasteiger partial charge in [0.2, 0.25) is 0 Å². The second-order valence-electron chi connectivity index (χ2n) is 12.2. The van der Waals surface area contributed by atoms with Crippen LogP contribution in [0.1, 0.15) is 35.3 Å². The van der Waals surface area contributed by atoms with Gasteiger partial charge in [-0.3, -0.25) is 14.3 Å². The van der Waals surface area contributed by atoms with Crippen molar-refractivity contribution in [2.45, 2.75) is 30.7 Å². The Morgan fingerprint density at radius 3 is 2.47 bits per heavy atom. The number of rotatable bonds is 6. The van der Waals surface area contributed by atoms with Crippen molar-refractivity contribution in [3.8, 4) is 11.5 Å². The number of ether oxygens (including phenoxy) is 3. The van der Waals surface area contributed by atoms with E-state index in [0.29, 0.717) is 81.8 Å². The molecule has 2 amide bonds. The molecule has 7 rings (SSSR count). The molecule has 0 saturated carbocycles. The van der Waals surface area contributed by atoms with Gasteiger partial charge in [-0.2, -0.15) is 0 Å². The lowest BCUT2D eigenvalue weighted by Crippen LogP contribution is -2.50. The molecule has 5 heterocycles. The van der Waals surface area contributed by atoms with Gasteiger partial charge in [0.05, 0.1) is 22.9 Å². The minimum atomic E-state index is -4.11.